The van der Waals surface area contributed by atoms with E-state index >= 15 is 0 Å². The second-order valence-corrected chi connectivity index (χ2v) is 6.81. The number of nitrogens with zero attached hydrogens (tertiary/aromatic N) is 5. The van der Waals surface area contributed by atoms with Gasteiger partial charge in [-0.3, -0.25) is 4.79 Å². The van der Waals surface area contributed by atoms with Crippen LogP contribution in [0.1, 0.15) is 22.8 Å². The number of hydrogen-bond donors (Lipinski definition) is 2. The van der Waals surface area contributed by atoms with E-state index in [1.165, 1.54) is 0 Å². The third-order valence-corrected chi connectivity index (χ3v) is 4.85. The Balaban J connectivity index is 1.54. The number of fused-ring (bicyclic) bond motifs is 1. The van der Waals surface area contributed by atoms with Crippen LogP contribution in [0, 0.1) is 11.3 Å². The van der Waals surface area contributed by atoms with Crippen molar-refractivity contribution in [3.63, 3.8) is 0 Å². The Hall–Kier alpha value is -4.25. The van der Waals surface area contributed by atoms with Crippen LogP contribution >= 0.6 is 0 Å². The smallest absolute Gasteiger partial charge is 0.252 e. The van der Waals surface area contributed by atoms with Crippen molar-refractivity contribution < 1.29 is 4.79 Å². The van der Waals surface area contributed by atoms with Crippen molar-refractivity contribution in [2.24, 2.45) is 0 Å². The van der Waals surface area contributed by atoms with E-state index in [9.17, 15) is 4.79 Å². The average Bonchev–Trinajstić information content (AvgIpc) is 3.25. The van der Waals surface area contributed by atoms with Crippen LogP contribution < -0.4 is 10.6 Å². The van der Waals surface area contributed by atoms with Crippen LogP contribution in [0.25, 0.3) is 22.3 Å². The first kappa shape index (κ1) is 20.0. The van der Waals surface area contributed by atoms with Crippen molar-refractivity contribution in [1.82, 2.24) is 25.1 Å². The topological polar surface area (TPSA) is 109 Å². The SMILES string of the molecule is CCn1ncc2c(C(=O)NCCNc3ncccc3C#N)cc(-c3ccccc3)nc21. The zero-order valence-electron chi connectivity index (χ0n) is 17.0. The fourth-order valence-electron chi connectivity index (χ4n) is 3.31. The quantitative estimate of drug-likeness (QED) is 0.452. The molecule has 1 amide bonds. The molecule has 8 nitrogen and oxygen atoms in total. The van der Waals surface area contributed by atoms with Gasteiger partial charge in [0.05, 0.1) is 28.4 Å². The van der Waals surface area contributed by atoms with Crippen LogP contribution in [-0.4, -0.2) is 38.7 Å². The normalized spacial score (nSPS) is 10.6. The first-order chi connectivity index (χ1) is 15.2. The van der Waals surface area contributed by atoms with Gasteiger partial charge in [-0.05, 0) is 25.1 Å². The van der Waals surface area contributed by atoms with Gasteiger partial charge in [-0.25, -0.2) is 14.6 Å². The highest BCUT2D eigenvalue weighted by Crippen LogP contribution is 2.24. The van der Waals surface area contributed by atoms with Crippen LogP contribution in [0.3, 0.4) is 0 Å². The summed E-state index contributed by atoms with van der Waals surface area (Å²) < 4.78 is 1.78. The molecule has 0 spiro atoms. The molecular formula is C23H21N7O. The number of pyridine rings is 2. The van der Waals surface area contributed by atoms with E-state index in [-0.39, 0.29) is 5.91 Å². The van der Waals surface area contributed by atoms with Crippen LogP contribution in [0.4, 0.5) is 5.82 Å². The van der Waals surface area contributed by atoms with Gasteiger partial charge < -0.3 is 10.6 Å². The molecule has 31 heavy (non-hydrogen) atoms. The molecule has 0 aliphatic heterocycles. The Morgan fingerprint density at radius 2 is 2.00 bits per heavy atom. The lowest BCUT2D eigenvalue weighted by atomic mass is 10.1. The first-order valence-electron chi connectivity index (χ1n) is 10.0. The molecule has 154 valence electrons. The molecule has 1 aromatic carbocycles. The Labute approximate surface area is 179 Å². The number of nitriles is 1. The predicted molar refractivity (Wildman–Crippen MR) is 118 cm³/mol. The number of hydrogen-bond acceptors (Lipinski definition) is 6. The van der Waals surface area contributed by atoms with Gasteiger partial charge in [0.1, 0.15) is 11.9 Å². The summed E-state index contributed by atoms with van der Waals surface area (Å²) in [5, 5.41) is 20.2. The molecule has 3 aromatic heterocycles. The fourth-order valence-corrected chi connectivity index (χ4v) is 3.31. The second-order valence-electron chi connectivity index (χ2n) is 6.81. The molecule has 4 rings (SSSR count). The summed E-state index contributed by atoms with van der Waals surface area (Å²) in [6.45, 7) is 3.45. The Kier molecular flexibility index (Phi) is 5.85. The summed E-state index contributed by atoms with van der Waals surface area (Å²) >= 11 is 0. The molecule has 0 saturated heterocycles. The van der Waals surface area contributed by atoms with Crippen molar-refractivity contribution in [1.29, 1.82) is 5.26 Å². The average molecular weight is 411 g/mol. The summed E-state index contributed by atoms with van der Waals surface area (Å²) in [5.41, 5.74) is 3.32. The number of carbonyl (C=O) groups excluding carboxylic acids is 1. The Morgan fingerprint density at radius 3 is 2.77 bits per heavy atom. The minimum atomic E-state index is -0.205. The number of anilines is 1. The third-order valence-electron chi connectivity index (χ3n) is 4.85. The van der Waals surface area contributed by atoms with E-state index in [1.54, 1.807) is 35.3 Å². The van der Waals surface area contributed by atoms with Gasteiger partial charge in [0.25, 0.3) is 5.91 Å². The molecule has 2 N–H and O–H groups in total. The van der Waals surface area contributed by atoms with Crippen LogP contribution in [0.15, 0.2) is 60.9 Å². The summed E-state index contributed by atoms with van der Waals surface area (Å²) in [6, 6.07) is 17.0. The van der Waals surface area contributed by atoms with Gasteiger partial charge >= 0.3 is 0 Å². The molecule has 0 atom stereocenters. The van der Waals surface area contributed by atoms with Crippen LogP contribution in [0.5, 0.6) is 0 Å². The maximum atomic E-state index is 13.0. The van der Waals surface area contributed by atoms with Crippen LogP contribution in [0.2, 0.25) is 0 Å². The molecule has 8 heteroatoms. The number of amides is 1. The molecule has 0 radical (unpaired) electrons. The lowest BCUT2D eigenvalue weighted by Crippen LogP contribution is -2.29. The molecule has 0 aliphatic carbocycles. The maximum Gasteiger partial charge on any atom is 0.252 e. The minimum absolute atomic E-state index is 0.205. The lowest BCUT2D eigenvalue weighted by molar-refractivity contribution is 0.0957. The maximum absolute atomic E-state index is 13.0. The highest BCUT2D eigenvalue weighted by molar-refractivity contribution is 6.06. The van der Waals surface area contributed by atoms with Crippen molar-refractivity contribution in [3.05, 3.63) is 72.1 Å². The molecule has 4 aromatic rings. The summed E-state index contributed by atoms with van der Waals surface area (Å²) in [5.74, 6) is 0.296. The van der Waals surface area contributed by atoms with Crippen molar-refractivity contribution in [2.75, 3.05) is 18.4 Å². The number of aromatic nitrogens is 4. The largest absolute Gasteiger partial charge is 0.367 e. The van der Waals surface area contributed by atoms with Crippen molar-refractivity contribution >= 4 is 22.8 Å². The highest BCUT2D eigenvalue weighted by atomic mass is 16.1. The molecule has 0 fully saturated rings. The Bertz CT molecular complexity index is 1260. The Morgan fingerprint density at radius 1 is 1.16 bits per heavy atom. The van der Waals surface area contributed by atoms with E-state index in [1.807, 2.05) is 37.3 Å². The van der Waals surface area contributed by atoms with Gasteiger partial charge in [-0.1, -0.05) is 30.3 Å². The van der Waals surface area contributed by atoms with Gasteiger partial charge in [-0.15, -0.1) is 0 Å². The number of benzene rings is 1. The van der Waals surface area contributed by atoms with E-state index in [4.69, 9.17) is 10.2 Å². The molecule has 3 heterocycles. The summed E-state index contributed by atoms with van der Waals surface area (Å²) in [4.78, 5) is 21.9. The molecular weight excluding hydrogens is 390 g/mol. The second kappa shape index (κ2) is 9.05. The highest BCUT2D eigenvalue weighted by Gasteiger charge is 2.17. The lowest BCUT2D eigenvalue weighted by Gasteiger charge is -2.10. The first-order valence-corrected chi connectivity index (χ1v) is 10.0. The van der Waals surface area contributed by atoms with Crippen molar-refractivity contribution in [3.8, 4) is 17.3 Å². The van der Waals surface area contributed by atoms with Crippen LogP contribution in [-0.2, 0) is 6.54 Å². The third kappa shape index (κ3) is 4.21. The van der Waals surface area contributed by atoms with Crippen molar-refractivity contribution in [2.45, 2.75) is 13.5 Å². The summed E-state index contributed by atoms with van der Waals surface area (Å²) in [7, 11) is 0. The molecule has 0 unspecified atom stereocenters. The van der Waals surface area contributed by atoms with Gasteiger partial charge in [0, 0.05) is 31.4 Å². The fraction of sp³-hybridized carbons (Fsp3) is 0.174. The van der Waals surface area contributed by atoms with Gasteiger partial charge in [-0.2, -0.15) is 10.4 Å². The van der Waals surface area contributed by atoms with Gasteiger partial charge in [0.15, 0.2) is 5.65 Å². The van der Waals surface area contributed by atoms with E-state index < -0.39 is 0 Å². The molecule has 0 bridgehead atoms. The number of nitrogens with one attached hydrogen (secondary N) is 2. The molecule has 0 saturated carbocycles. The number of rotatable bonds is 7. The van der Waals surface area contributed by atoms with E-state index in [0.29, 0.717) is 47.6 Å². The summed E-state index contributed by atoms with van der Waals surface area (Å²) in [6.07, 6.45) is 3.30. The number of aryl methyl sites for hydroxylation is 1. The zero-order valence-corrected chi connectivity index (χ0v) is 17.0. The monoisotopic (exact) mass is 411 g/mol. The standard InChI is InChI=1S/C23H21N7O/c1-2-30-22-19(15-28-30)18(13-20(29-22)16-7-4-3-5-8-16)23(31)27-12-11-26-21-17(14-24)9-6-10-25-21/h3-10,13,15H,2,11-12H2,1H3,(H,25,26)(H,27,31). The number of carbonyl (C=O) groups is 1. The van der Waals surface area contributed by atoms with E-state index in [2.05, 4.69) is 26.8 Å². The predicted octanol–water partition coefficient (Wildman–Crippen LogP) is 3.23. The molecule has 0 aliphatic rings. The zero-order chi connectivity index (χ0) is 21.6. The minimum Gasteiger partial charge on any atom is -0.367 e. The van der Waals surface area contributed by atoms with E-state index in [0.717, 1.165) is 11.3 Å². The van der Waals surface area contributed by atoms with Gasteiger partial charge in [0.2, 0.25) is 0 Å².